The van der Waals surface area contributed by atoms with Gasteiger partial charge < -0.3 is 9.47 Å². The van der Waals surface area contributed by atoms with Gasteiger partial charge in [0.1, 0.15) is 6.61 Å². The largest absolute Gasteiger partial charge is 0.493 e. The van der Waals surface area contributed by atoms with Crippen molar-refractivity contribution < 1.29 is 9.47 Å². The van der Waals surface area contributed by atoms with E-state index in [-0.39, 0.29) is 0 Å². The molecular formula is C19H20ClNO2. The number of benzene rings is 2. The van der Waals surface area contributed by atoms with Crippen molar-refractivity contribution >= 4 is 23.5 Å². The lowest BCUT2D eigenvalue weighted by atomic mass is 10.1. The van der Waals surface area contributed by atoms with Gasteiger partial charge in [-0.25, -0.2) is 0 Å². The van der Waals surface area contributed by atoms with E-state index in [0.29, 0.717) is 23.1 Å². The highest BCUT2D eigenvalue weighted by molar-refractivity contribution is 6.32. The fourth-order valence-electron chi connectivity index (χ4n) is 2.05. The molecule has 2 aromatic rings. The number of ether oxygens (including phenoxy) is 2. The fourth-order valence-corrected chi connectivity index (χ4v) is 2.33. The third-order valence-electron chi connectivity index (χ3n) is 3.45. The Morgan fingerprint density at radius 1 is 1.17 bits per heavy atom. The van der Waals surface area contributed by atoms with Crippen molar-refractivity contribution in [2.75, 3.05) is 13.7 Å². The summed E-state index contributed by atoms with van der Waals surface area (Å²) in [7, 11) is 1.58. The van der Waals surface area contributed by atoms with E-state index in [0.717, 1.165) is 11.3 Å². The Balaban J connectivity index is 2.29. The first kappa shape index (κ1) is 17.1. The fraction of sp³-hybridized carbons (Fsp3) is 0.211. The van der Waals surface area contributed by atoms with Gasteiger partial charge in [-0.3, -0.25) is 4.99 Å². The summed E-state index contributed by atoms with van der Waals surface area (Å²) in [6.45, 7) is 8.14. The first-order valence-corrected chi connectivity index (χ1v) is 7.65. The molecule has 0 N–H and O–H groups in total. The molecule has 0 atom stereocenters. The van der Waals surface area contributed by atoms with Gasteiger partial charge in [0.2, 0.25) is 0 Å². The molecule has 0 unspecified atom stereocenters. The van der Waals surface area contributed by atoms with Crippen LogP contribution < -0.4 is 9.47 Å². The summed E-state index contributed by atoms with van der Waals surface area (Å²) < 4.78 is 10.9. The third kappa shape index (κ3) is 4.36. The summed E-state index contributed by atoms with van der Waals surface area (Å²) in [6.07, 6.45) is 3.42. The number of methoxy groups -OCH3 is 1. The van der Waals surface area contributed by atoms with Crippen molar-refractivity contribution in [3.8, 4) is 11.5 Å². The summed E-state index contributed by atoms with van der Waals surface area (Å²) in [5, 5.41) is 0.479. The van der Waals surface area contributed by atoms with Crippen LogP contribution in [0, 0.1) is 13.8 Å². The van der Waals surface area contributed by atoms with Crippen molar-refractivity contribution in [2.24, 2.45) is 4.99 Å². The molecule has 0 aliphatic rings. The maximum Gasteiger partial charge on any atom is 0.180 e. The van der Waals surface area contributed by atoms with Gasteiger partial charge in [0.05, 0.1) is 17.8 Å². The van der Waals surface area contributed by atoms with Gasteiger partial charge in [0.25, 0.3) is 0 Å². The van der Waals surface area contributed by atoms with Gasteiger partial charge in [-0.1, -0.05) is 30.3 Å². The molecule has 4 heteroatoms. The maximum absolute atomic E-state index is 6.28. The Kier molecular flexibility index (Phi) is 5.83. The van der Waals surface area contributed by atoms with Gasteiger partial charge in [-0.05, 0) is 54.8 Å². The molecule has 0 saturated heterocycles. The van der Waals surface area contributed by atoms with E-state index in [1.165, 1.54) is 11.1 Å². The highest BCUT2D eigenvalue weighted by atomic mass is 35.5. The number of aliphatic imine (C=N–C) groups is 1. The summed E-state index contributed by atoms with van der Waals surface area (Å²) in [6, 6.07) is 9.73. The molecule has 0 fully saturated rings. The number of nitrogens with zero attached hydrogens (tertiary/aromatic N) is 1. The topological polar surface area (TPSA) is 30.8 Å². The number of aryl methyl sites for hydroxylation is 2. The Hall–Kier alpha value is -2.26. The SMILES string of the molecule is C=CCOc1c(Cl)cc(C=Nc2ccc(C)c(C)c2)cc1OC. The predicted octanol–water partition coefficient (Wildman–Crippen LogP) is 5.28. The van der Waals surface area contributed by atoms with Crippen molar-refractivity contribution in [1.29, 1.82) is 0 Å². The zero-order valence-corrected chi connectivity index (χ0v) is 14.4. The highest BCUT2D eigenvalue weighted by Gasteiger charge is 2.11. The van der Waals surface area contributed by atoms with Crippen LogP contribution in [0.15, 0.2) is 48.0 Å². The van der Waals surface area contributed by atoms with Crippen LogP contribution in [-0.2, 0) is 0 Å². The molecular weight excluding hydrogens is 310 g/mol. The Morgan fingerprint density at radius 3 is 2.61 bits per heavy atom. The van der Waals surface area contributed by atoms with Gasteiger partial charge >= 0.3 is 0 Å². The van der Waals surface area contributed by atoms with Crippen molar-refractivity contribution in [3.05, 3.63) is 64.7 Å². The lowest BCUT2D eigenvalue weighted by Gasteiger charge is -2.11. The summed E-state index contributed by atoms with van der Waals surface area (Å²) in [5.74, 6) is 1.08. The van der Waals surface area contributed by atoms with E-state index in [9.17, 15) is 0 Å². The molecule has 2 rings (SSSR count). The van der Waals surface area contributed by atoms with Crippen LogP contribution in [0.5, 0.6) is 11.5 Å². The molecule has 120 valence electrons. The lowest BCUT2D eigenvalue weighted by Crippen LogP contribution is -1.98. The minimum Gasteiger partial charge on any atom is -0.493 e. The molecule has 23 heavy (non-hydrogen) atoms. The minimum atomic E-state index is 0.367. The predicted molar refractivity (Wildman–Crippen MR) is 96.9 cm³/mol. The lowest BCUT2D eigenvalue weighted by molar-refractivity contribution is 0.326. The van der Waals surface area contributed by atoms with Gasteiger partial charge in [0, 0.05) is 6.21 Å². The molecule has 0 radical (unpaired) electrons. The van der Waals surface area contributed by atoms with E-state index in [1.807, 2.05) is 18.2 Å². The molecule has 0 aromatic heterocycles. The summed E-state index contributed by atoms with van der Waals surface area (Å²) in [5.41, 5.74) is 4.20. The van der Waals surface area contributed by atoms with Gasteiger partial charge in [0.15, 0.2) is 11.5 Å². The normalized spacial score (nSPS) is 10.8. The number of hydrogen-bond acceptors (Lipinski definition) is 3. The second-order valence-corrected chi connectivity index (χ2v) is 5.57. The Bertz CT molecular complexity index is 738. The molecule has 0 spiro atoms. The molecule has 3 nitrogen and oxygen atoms in total. The first-order chi connectivity index (χ1) is 11.0. The average Bonchev–Trinajstić information content (AvgIpc) is 2.54. The highest BCUT2D eigenvalue weighted by Crippen LogP contribution is 2.36. The molecule has 0 heterocycles. The van der Waals surface area contributed by atoms with E-state index in [2.05, 4.69) is 31.5 Å². The van der Waals surface area contributed by atoms with E-state index in [4.69, 9.17) is 21.1 Å². The number of halogens is 1. The Labute approximate surface area is 142 Å². The summed E-state index contributed by atoms with van der Waals surface area (Å²) in [4.78, 5) is 4.49. The molecule has 0 amide bonds. The smallest absolute Gasteiger partial charge is 0.180 e. The second kappa shape index (κ2) is 7.84. The molecule has 0 bridgehead atoms. The monoisotopic (exact) mass is 329 g/mol. The quantitative estimate of drug-likeness (QED) is 0.533. The molecule has 0 aliphatic carbocycles. The van der Waals surface area contributed by atoms with Crippen molar-refractivity contribution in [2.45, 2.75) is 13.8 Å². The molecule has 0 aliphatic heterocycles. The first-order valence-electron chi connectivity index (χ1n) is 7.27. The molecule has 0 saturated carbocycles. The van der Waals surface area contributed by atoms with Crippen LogP contribution in [0.3, 0.4) is 0 Å². The zero-order valence-electron chi connectivity index (χ0n) is 13.6. The van der Waals surface area contributed by atoms with Crippen LogP contribution in [0.25, 0.3) is 0 Å². The summed E-state index contributed by atoms with van der Waals surface area (Å²) >= 11 is 6.28. The van der Waals surface area contributed by atoms with Crippen molar-refractivity contribution in [3.63, 3.8) is 0 Å². The zero-order chi connectivity index (χ0) is 16.8. The third-order valence-corrected chi connectivity index (χ3v) is 3.73. The second-order valence-electron chi connectivity index (χ2n) is 5.16. The average molecular weight is 330 g/mol. The standard InChI is InChI=1S/C19H20ClNO2/c1-5-8-23-19-17(20)10-15(11-18(19)22-4)12-21-16-7-6-13(2)14(3)9-16/h5-7,9-12H,1,8H2,2-4H3. The number of hydrogen-bond donors (Lipinski definition) is 0. The van der Waals surface area contributed by atoms with Crippen LogP contribution >= 0.6 is 11.6 Å². The van der Waals surface area contributed by atoms with Crippen molar-refractivity contribution in [1.82, 2.24) is 0 Å². The van der Waals surface area contributed by atoms with E-state index in [1.54, 1.807) is 25.5 Å². The van der Waals surface area contributed by atoms with Gasteiger partial charge in [-0.2, -0.15) is 0 Å². The van der Waals surface area contributed by atoms with Crippen LogP contribution in [-0.4, -0.2) is 19.9 Å². The van der Waals surface area contributed by atoms with Crippen LogP contribution in [0.4, 0.5) is 5.69 Å². The van der Waals surface area contributed by atoms with Crippen LogP contribution in [0.1, 0.15) is 16.7 Å². The minimum absolute atomic E-state index is 0.367. The maximum atomic E-state index is 6.28. The van der Waals surface area contributed by atoms with Crippen LogP contribution in [0.2, 0.25) is 5.02 Å². The van der Waals surface area contributed by atoms with Gasteiger partial charge in [-0.15, -0.1) is 0 Å². The number of rotatable bonds is 6. The van der Waals surface area contributed by atoms with E-state index >= 15 is 0 Å². The Morgan fingerprint density at radius 2 is 1.96 bits per heavy atom. The molecule has 2 aromatic carbocycles. The van der Waals surface area contributed by atoms with E-state index < -0.39 is 0 Å².